The minimum absolute atomic E-state index is 0.0446. The van der Waals surface area contributed by atoms with Crippen molar-refractivity contribution in [2.75, 3.05) is 6.61 Å². The van der Waals surface area contributed by atoms with Gasteiger partial charge >= 0.3 is 5.69 Å². The third-order valence-corrected chi connectivity index (χ3v) is 2.44. The first-order valence-corrected chi connectivity index (χ1v) is 5.49. The molecule has 2 aromatic rings. The molecule has 100 valence electrons. The zero-order chi connectivity index (χ0) is 13.8. The highest BCUT2D eigenvalue weighted by molar-refractivity contribution is 5.20. The van der Waals surface area contributed by atoms with Crippen molar-refractivity contribution in [3.8, 4) is 11.6 Å². The summed E-state index contributed by atoms with van der Waals surface area (Å²) in [6.45, 7) is -0.0454. The van der Waals surface area contributed by atoms with Crippen LogP contribution in [0.5, 0.6) is 11.6 Å². The topological polar surface area (TPSA) is 84.3 Å². The van der Waals surface area contributed by atoms with Crippen LogP contribution in [0.4, 0.5) is 4.39 Å². The van der Waals surface area contributed by atoms with Crippen molar-refractivity contribution in [1.29, 1.82) is 0 Å². The molecule has 0 radical (unpaired) electrons. The summed E-state index contributed by atoms with van der Waals surface area (Å²) in [5, 5.41) is 9.37. The van der Waals surface area contributed by atoms with Gasteiger partial charge in [0.2, 0.25) is 11.7 Å². The fourth-order valence-corrected chi connectivity index (χ4v) is 1.51. The average molecular weight is 266 g/mol. The van der Waals surface area contributed by atoms with Gasteiger partial charge in [0.15, 0.2) is 0 Å². The standard InChI is InChI=1S/C12H11FN2O4/c13-9-10(16)14-12(18)15(11(9)17)6-7-19-8-4-2-1-3-5-8/h1-5,17H,6-7H2,(H,14,16,18). The van der Waals surface area contributed by atoms with E-state index in [0.717, 1.165) is 0 Å². The number of aromatic hydroxyl groups is 1. The Labute approximate surface area is 106 Å². The van der Waals surface area contributed by atoms with Gasteiger partial charge in [-0.25, -0.2) is 4.79 Å². The summed E-state index contributed by atoms with van der Waals surface area (Å²) >= 11 is 0. The van der Waals surface area contributed by atoms with E-state index in [4.69, 9.17) is 4.74 Å². The molecule has 0 bridgehead atoms. The molecule has 1 aromatic heterocycles. The highest BCUT2D eigenvalue weighted by Crippen LogP contribution is 2.10. The molecule has 0 unspecified atom stereocenters. The van der Waals surface area contributed by atoms with Crippen LogP contribution in [0.25, 0.3) is 0 Å². The largest absolute Gasteiger partial charge is 0.492 e. The third-order valence-electron chi connectivity index (χ3n) is 2.44. The number of hydrogen-bond acceptors (Lipinski definition) is 4. The predicted octanol–water partition coefficient (Wildman–Crippen LogP) is 0.460. The number of H-pyrrole nitrogens is 1. The SMILES string of the molecule is O=c1[nH]c(=O)n(CCOc2ccccc2)c(O)c1F. The number of aromatic amines is 1. The molecular formula is C12H11FN2O4. The molecule has 0 aliphatic heterocycles. The Morgan fingerprint density at radius 1 is 1.26 bits per heavy atom. The molecular weight excluding hydrogens is 255 g/mol. The zero-order valence-electron chi connectivity index (χ0n) is 9.80. The van der Waals surface area contributed by atoms with Crippen LogP contribution >= 0.6 is 0 Å². The Morgan fingerprint density at radius 3 is 2.63 bits per heavy atom. The molecule has 0 saturated carbocycles. The van der Waals surface area contributed by atoms with Gasteiger partial charge in [-0.2, -0.15) is 4.39 Å². The number of nitrogens with one attached hydrogen (secondary N) is 1. The summed E-state index contributed by atoms with van der Waals surface area (Å²) in [5.41, 5.74) is -2.14. The van der Waals surface area contributed by atoms with E-state index in [1.807, 2.05) is 6.07 Å². The lowest BCUT2D eigenvalue weighted by molar-refractivity contribution is 0.276. The average Bonchev–Trinajstić information content (AvgIpc) is 2.41. The Balaban J connectivity index is 2.11. The number of aromatic nitrogens is 2. The van der Waals surface area contributed by atoms with E-state index in [0.29, 0.717) is 10.3 Å². The predicted molar refractivity (Wildman–Crippen MR) is 64.9 cm³/mol. The smallest absolute Gasteiger partial charge is 0.331 e. The maximum Gasteiger partial charge on any atom is 0.331 e. The maximum atomic E-state index is 13.1. The number of nitrogens with zero attached hydrogens (tertiary/aromatic N) is 1. The molecule has 0 atom stereocenters. The van der Waals surface area contributed by atoms with Crippen molar-refractivity contribution in [3.05, 3.63) is 57.0 Å². The van der Waals surface area contributed by atoms with Crippen LogP contribution in [0.3, 0.4) is 0 Å². The summed E-state index contributed by atoms with van der Waals surface area (Å²) in [7, 11) is 0. The van der Waals surface area contributed by atoms with Gasteiger partial charge in [-0.15, -0.1) is 0 Å². The first-order valence-electron chi connectivity index (χ1n) is 5.49. The Kier molecular flexibility index (Phi) is 3.65. The number of para-hydroxylation sites is 1. The summed E-state index contributed by atoms with van der Waals surface area (Å²) in [6, 6.07) is 8.81. The lowest BCUT2D eigenvalue weighted by Crippen LogP contribution is -2.33. The molecule has 6 nitrogen and oxygen atoms in total. The van der Waals surface area contributed by atoms with Crippen LogP contribution in [0.2, 0.25) is 0 Å². The molecule has 19 heavy (non-hydrogen) atoms. The van der Waals surface area contributed by atoms with Gasteiger partial charge in [0.05, 0.1) is 6.54 Å². The molecule has 7 heteroatoms. The van der Waals surface area contributed by atoms with Gasteiger partial charge in [-0.1, -0.05) is 18.2 Å². The lowest BCUT2D eigenvalue weighted by atomic mass is 10.3. The van der Waals surface area contributed by atoms with Crippen LogP contribution in [0, 0.1) is 5.82 Å². The Bertz CT molecular complexity index is 678. The molecule has 0 saturated heterocycles. The number of halogens is 1. The van der Waals surface area contributed by atoms with Gasteiger partial charge < -0.3 is 9.84 Å². The second-order valence-corrected chi connectivity index (χ2v) is 3.71. The van der Waals surface area contributed by atoms with Crippen LogP contribution in [0.1, 0.15) is 0 Å². The van der Waals surface area contributed by atoms with Gasteiger partial charge in [-0.3, -0.25) is 14.3 Å². The molecule has 0 aliphatic carbocycles. The van der Waals surface area contributed by atoms with Crippen LogP contribution in [-0.2, 0) is 6.54 Å². The van der Waals surface area contributed by atoms with E-state index in [-0.39, 0.29) is 13.2 Å². The fourth-order valence-electron chi connectivity index (χ4n) is 1.51. The van der Waals surface area contributed by atoms with Crippen molar-refractivity contribution >= 4 is 0 Å². The van der Waals surface area contributed by atoms with Gasteiger partial charge in [0, 0.05) is 0 Å². The molecule has 0 amide bonds. The van der Waals surface area contributed by atoms with Crippen molar-refractivity contribution in [2.45, 2.75) is 6.54 Å². The van der Waals surface area contributed by atoms with Crippen molar-refractivity contribution in [2.24, 2.45) is 0 Å². The third kappa shape index (κ3) is 2.82. The number of rotatable bonds is 4. The number of benzene rings is 1. The Hall–Kier alpha value is -2.57. The molecule has 0 spiro atoms. The molecule has 2 N–H and O–H groups in total. The minimum atomic E-state index is -1.39. The molecule has 1 aromatic carbocycles. The van der Waals surface area contributed by atoms with Crippen molar-refractivity contribution in [3.63, 3.8) is 0 Å². The van der Waals surface area contributed by atoms with E-state index in [1.54, 1.807) is 29.2 Å². The van der Waals surface area contributed by atoms with Crippen LogP contribution in [-0.4, -0.2) is 21.3 Å². The maximum absolute atomic E-state index is 13.1. The summed E-state index contributed by atoms with van der Waals surface area (Å²) in [4.78, 5) is 24.0. The highest BCUT2D eigenvalue weighted by atomic mass is 19.1. The fraction of sp³-hybridized carbons (Fsp3) is 0.167. The summed E-state index contributed by atoms with van der Waals surface area (Å²) in [5.74, 6) is -1.80. The van der Waals surface area contributed by atoms with Crippen LogP contribution in [0.15, 0.2) is 39.9 Å². The monoisotopic (exact) mass is 266 g/mol. The first-order chi connectivity index (χ1) is 9.09. The highest BCUT2D eigenvalue weighted by Gasteiger charge is 2.13. The quantitative estimate of drug-likeness (QED) is 0.842. The van der Waals surface area contributed by atoms with Crippen molar-refractivity contribution < 1.29 is 14.2 Å². The normalized spacial score (nSPS) is 10.4. The van der Waals surface area contributed by atoms with E-state index >= 15 is 0 Å². The molecule has 0 fully saturated rings. The lowest BCUT2D eigenvalue weighted by Gasteiger charge is -2.09. The Morgan fingerprint density at radius 2 is 1.95 bits per heavy atom. The molecule has 0 aliphatic rings. The van der Waals surface area contributed by atoms with E-state index in [9.17, 15) is 19.1 Å². The second-order valence-electron chi connectivity index (χ2n) is 3.71. The van der Waals surface area contributed by atoms with E-state index < -0.39 is 22.9 Å². The molecule has 1 heterocycles. The van der Waals surface area contributed by atoms with Gasteiger partial charge in [0.25, 0.3) is 5.56 Å². The zero-order valence-corrected chi connectivity index (χ0v) is 9.80. The van der Waals surface area contributed by atoms with Gasteiger partial charge in [0.1, 0.15) is 12.4 Å². The summed E-state index contributed by atoms with van der Waals surface area (Å²) < 4.78 is 19.1. The number of ether oxygens (including phenoxy) is 1. The minimum Gasteiger partial charge on any atom is -0.492 e. The molecule has 2 rings (SSSR count). The second kappa shape index (κ2) is 5.38. The summed E-state index contributed by atoms with van der Waals surface area (Å²) in [6.07, 6.45) is 0. The van der Waals surface area contributed by atoms with Gasteiger partial charge in [-0.05, 0) is 12.1 Å². The first kappa shape index (κ1) is 12.9. The van der Waals surface area contributed by atoms with Crippen LogP contribution < -0.4 is 16.0 Å². The van der Waals surface area contributed by atoms with Crippen molar-refractivity contribution in [1.82, 2.24) is 9.55 Å². The van der Waals surface area contributed by atoms with E-state index in [1.165, 1.54) is 0 Å². The number of hydrogen-bond donors (Lipinski definition) is 2. The van der Waals surface area contributed by atoms with E-state index in [2.05, 4.69) is 0 Å².